The Balaban J connectivity index is 1.96. The molecule has 0 unspecified atom stereocenters. The van der Waals surface area contributed by atoms with E-state index >= 15 is 0 Å². The Kier molecular flexibility index (Phi) is 3.53. The standard InChI is InChI=1S/C9H11N3O5.2CH3.Sn/c10-5-1-2-12(9(16)11-5)8-7(15)6(14)4(3-13)17-8;;;/h1-2,4,6-8,13H,3H2,(H2,10,11,16);2*1H3;/q-2;;;+2/t4-,6+,7+,8-;;;/m0.../s1. The molecule has 0 aliphatic carbocycles. The van der Waals surface area contributed by atoms with E-state index in [2.05, 4.69) is 4.98 Å². The third-order valence-electron chi connectivity index (χ3n) is 3.43. The second-order valence-corrected chi connectivity index (χ2v) is 14.7. The fourth-order valence-electron chi connectivity index (χ4n) is 2.65. The first kappa shape index (κ1) is 14.3. The molecule has 0 spiro atoms. The van der Waals surface area contributed by atoms with Crippen LogP contribution in [0.2, 0.25) is 9.88 Å². The van der Waals surface area contributed by atoms with Crippen LogP contribution < -0.4 is 11.4 Å². The van der Waals surface area contributed by atoms with E-state index < -0.39 is 37.2 Å². The minimum atomic E-state index is -3.00. The molecule has 4 atom stereocenters. The first-order valence-electron chi connectivity index (χ1n) is 6.38. The minimum absolute atomic E-state index is 0.155. The number of aliphatic hydroxyl groups is 1. The molecule has 0 amide bonds. The number of hydrogen-bond donors (Lipinski definition) is 2. The van der Waals surface area contributed by atoms with E-state index in [0.717, 1.165) is 0 Å². The molecule has 2 saturated heterocycles. The molecule has 20 heavy (non-hydrogen) atoms. The van der Waals surface area contributed by atoms with E-state index in [-0.39, 0.29) is 24.6 Å². The molecule has 1 aromatic heterocycles. The van der Waals surface area contributed by atoms with Gasteiger partial charge in [0.2, 0.25) is 0 Å². The fourth-order valence-corrected chi connectivity index (χ4v) is 8.08. The van der Waals surface area contributed by atoms with Crippen LogP contribution in [0.1, 0.15) is 6.23 Å². The maximum atomic E-state index is 11.9. The van der Waals surface area contributed by atoms with Crippen molar-refractivity contribution in [1.82, 2.24) is 9.55 Å². The summed E-state index contributed by atoms with van der Waals surface area (Å²) in [5, 5.41) is 9.40. The topological polar surface area (TPSA) is 109 Å². The van der Waals surface area contributed by atoms with Gasteiger partial charge in [0.1, 0.15) is 0 Å². The van der Waals surface area contributed by atoms with Gasteiger partial charge in [0.15, 0.2) is 0 Å². The van der Waals surface area contributed by atoms with Crippen molar-refractivity contribution in [2.24, 2.45) is 0 Å². The van der Waals surface area contributed by atoms with Gasteiger partial charge in [-0.05, 0) is 0 Å². The summed E-state index contributed by atoms with van der Waals surface area (Å²) >= 11 is -3.00. The quantitative estimate of drug-likeness (QED) is 0.637. The molecule has 3 heterocycles. The Morgan fingerprint density at radius 1 is 1.45 bits per heavy atom. The second-order valence-electron chi connectivity index (χ2n) is 5.35. The molecular weight excluding hydrogens is 373 g/mol. The summed E-state index contributed by atoms with van der Waals surface area (Å²) in [5.74, 6) is 0.155. The second kappa shape index (κ2) is 4.95. The molecule has 8 nitrogen and oxygen atoms in total. The van der Waals surface area contributed by atoms with Crippen molar-refractivity contribution in [1.29, 1.82) is 0 Å². The predicted molar refractivity (Wildman–Crippen MR) is 71.1 cm³/mol. The van der Waals surface area contributed by atoms with Gasteiger partial charge in [-0.3, -0.25) is 0 Å². The maximum absolute atomic E-state index is 11.9. The zero-order valence-corrected chi connectivity index (χ0v) is 14.1. The van der Waals surface area contributed by atoms with Crippen LogP contribution >= 0.6 is 0 Å². The number of nitrogen functional groups attached to an aromatic ring is 1. The van der Waals surface area contributed by atoms with Gasteiger partial charge in [0, 0.05) is 0 Å². The summed E-state index contributed by atoms with van der Waals surface area (Å²) in [4.78, 5) is 19.6. The zero-order chi connectivity index (χ0) is 14.5. The van der Waals surface area contributed by atoms with Crippen molar-refractivity contribution in [3.63, 3.8) is 0 Å². The number of nitrogens with zero attached hydrogens (tertiary/aromatic N) is 2. The average Bonchev–Trinajstić information content (AvgIpc) is 2.83. The number of hydrogen-bond acceptors (Lipinski definition) is 7. The molecule has 0 saturated carbocycles. The molecule has 3 rings (SSSR count). The van der Waals surface area contributed by atoms with Crippen molar-refractivity contribution < 1.29 is 16.0 Å². The van der Waals surface area contributed by atoms with Crippen LogP contribution in [0.5, 0.6) is 0 Å². The molecule has 2 aliphatic rings. The van der Waals surface area contributed by atoms with Crippen molar-refractivity contribution >= 4 is 25.0 Å². The van der Waals surface area contributed by atoms with E-state index in [1.807, 2.05) is 9.88 Å². The van der Waals surface area contributed by atoms with Crippen LogP contribution in [0.15, 0.2) is 17.1 Å². The Hall–Kier alpha value is -0.681. The van der Waals surface area contributed by atoms with Crippen LogP contribution in [0.3, 0.4) is 0 Å². The van der Waals surface area contributed by atoms with Gasteiger partial charge in [-0.1, -0.05) is 0 Å². The molecule has 2 aliphatic heterocycles. The Bertz CT molecular complexity index is 577. The van der Waals surface area contributed by atoms with E-state index in [9.17, 15) is 9.90 Å². The van der Waals surface area contributed by atoms with Crippen LogP contribution in [-0.4, -0.2) is 58.8 Å². The van der Waals surface area contributed by atoms with Gasteiger partial charge in [-0.2, -0.15) is 0 Å². The van der Waals surface area contributed by atoms with E-state index in [1.165, 1.54) is 16.8 Å². The summed E-state index contributed by atoms with van der Waals surface area (Å²) in [5.41, 5.74) is 4.97. The van der Waals surface area contributed by atoms with E-state index in [1.54, 1.807) is 0 Å². The molecule has 9 heteroatoms. The number of anilines is 1. The first-order chi connectivity index (χ1) is 9.41. The first-order valence-corrected chi connectivity index (χ1v) is 14.4. The van der Waals surface area contributed by atoms with E-state index in [4.69, 9.17) is 16.6 Å². The van der Waals surface area contributed by atoms with Gasteiger partial charge in [-0.25, -0.2) is 0 Å². The third-order valence-corrected chi connectivity index (χ3v) is 8.22. The van der Waals surface area contributed by atoms with Crippen LogP contribution in [0.25, 0.3) is 0 Å². The van der Waals surface area contributed by atoms with Crippen molar-refractivity contribution in [3.8, 4) is 0 Å². The average molecular weight is 390 g/mol. The monoisotopic (exact) mass is 391 g/mol. The molecule has 0 radical (unpaired) electrons. The van der Waals surface area contributed by atoms with Gasteiger partial charge in [0.05, 0.1) is 0 Å². The Morgan fingerprint density at radius 3 is 2.80 bits per heavy atom. The number of aromatic nitrogens is 2. The molecule has 1 aromatic rings. The molecule has 3 N–H and O–H groups in total. The van der Waals surface area contributed by atoms with Gasteiger partial charge < -0.3 is 0 Å². The number of aliphatic hydroxyl groups excluding tert-OH is 1. The summed E-state index contributed by atoms with van der Waals surface area (Å²) < 4.78 is 19.0. The Morgan fingerprint density at radius 2 is 2.15 bits per heavy atom. The van der Waals surface area contributed by atoms with E-state index in [0.29, 0.717) is 0 Å². The van der Waals surface area contributed by atoms with Crippen molar-refractivity contribution in [2.45, 2.75) is 34.4 Å². The molecule has 110 valence electrons. The summed E-state index contributed by atoms with van der Waals surface area (Å²) in [6.45, 7) is -0.180. The molecule has 0 bridgehead atoms. The summed E-state index contributed by atoms with van der Waals surface area (Å²) in [6.07, 6.45) is -0.332. The fraction of sp³-hybridized carbons (Fsp3) is 0.636. The van der Waals surface area contributed by atoms with Gasteiger partial charge >= 0.3 is 120 Å². The van der Waals surface area contributed by atoms with Crippen LogP contribution in [-0.2, 0) is 10.9 Å². The zero-order valence-electron chi connectivity index (χ0n) is 11.2. The van der Waals surface area contributed by atoms with Gasteiger partial charge in [0.25, 0.3) is 0 Å². The Labute approximate surface area is 120 Å². The summed E-state index contributed by atoms with van der Waals surface area (Å²) in [6, 6.07) is 1.52. The third kappa shape index (κ3) is 2.35. The molecule has 2 fully saturated rings. The normalized spacial score (nSPS) is 35.1. The predicted octanol–water partition coefficient (Wildman–Crippen LogP) is -0.799. The number of fused-ring (bicyclic) bond motifs is 1. The van der Waals surface area contributed by atoms with Crippen molar-refractivity contribution in [3.05, 3.63) is 22.7 Å². The van der Waals surface area contributed by atoms with Crippen LogP contribution in [0.4, 0.5) is 5.82 Å². The number of ether oxygens (including phenoxy) is 1. The SMILES string of the molecule is [CH3][Sn]1([CH3])[O][C@@H]2[C@H]([O]1)[C@H](CO)O[C@@H]2n1ccc(N)nc1=O. The molecular formula is C11H17N3O5Sn. The number of rotatable bonds is 2. The van der Waals surface area contributed by atoms with Crippen molar-refractivity contribution in [2.75, 3.05) is 12.3 Å². The number of nitrogens with two attached hydrogens (primary N) is 1. The van der Waals surface area contributed by atoms with Crippen LogP contribution in [0, 0.1) is 0 Å². The van der Waals surface area contributed by atoms with Gasteiger partial charge in [-0.15, -0.1) is 0 Å². The molecule has 0 aromatic carbocycles. The summed E-state index contributed by atoms with van der Waals surface area (Å²) in [7, 11) is 0.